The van der Waals surface area contributed by atoms with Crippen LogP contribution in [0.15, 0.2) is 18.2 Å². The molecule has 3 rings (SSSR count). The van der Waals surface area contributed by atoms with Gasteiger partial charge in [0.25, 0.3) is 0 Å². The smallest absolute Gasteiger partial charge is 0.161 e. The first-order chi connectivity index (χ1) is 9.72. The topological polar surface area (TPSA) is 33.7 Å². The summed E-state index contributed by atoms with van der Waals surface area (Å²) in [5.41, 5.74) is 1.27. The maximum absolute atomic E-state index is 5.77. The highest BCUT2D eigenvalue weighted by molar-refractivity contribution is 5.44. The van der Waals surface area contributed by atoms with Gasteiger partial charge in [-0.25, -0.2) is 0 Å². The zero-order chi connectivity index (χ0) is 13.9. The molecule has 0 aromatic heterocycles. The Morgan fingerprint density at radius 3 is 2.80 bits per heavy atom. The molecule has 1 saturated heterocycles. The van der Waals surface area contributed by atoms with Crippen LogP contribution < -0.4 is 14.8 Å². The third kappa shape index (κ3) is 3.07. The van der Waals surface area contributed by atoms with Crippen molar-refractivity contribution < 1.29 is 9.47 Å². The maximum atomic E-state index is 5.77. The number of fused-ring (bicyclic) bond motifs is 1. The van der Waals surface area contributed by atoms with Gasteiger partial charge in [-0.2, -0.15) is 0 Å². The molecule has 1 fully saturated rings. The second-order valence-corrected chi connectivity index (χ2v) is 5.89. The van der Waals surface area contributed by atoms with Crippen LogP contribution in [-0.2, 0) is 0 Å². The lowest BCUT2D eigenvalue weighted by Crippen LogP contribution is -2.33. The van der Waals surface area contributed by atoms with Gasteiger partial charge in [0.2, 0.25) is 0 Å². The molecule has 1 aromatic rings. The van der Waals surface area contributed by atoms with E-state index in [1.807, 2.05) is 6.07 Å². The van der Waals surface area contributed by atoms with Gasteiger partial charge in [0, 0.05) is 25.0 Å². The number of rotatable bonds is 3. The average molecular weight is 276 g/mol. The summed E-state index contributed by atoms with van der Waals surface area (Å²) in [6.07, 6.45) is 2.18. The van der Waals surface area contributed by atoms with Crippen molar-refractivity contribution in [3.05, 3.63) is 23.8 Å². The molecule has 0 radical (unpaired) electrons. The largest absolute Gasteiger partial charge is 0.490 e. The molecule has 2 aliphatic heterocycles. The molecule has 1 aromatic carbocycles. The molecular weight excluding hydrogens is 252 g/mol. The molecule has 0 aliphatic carbocycles. The normalized spacial score (nSPS) is 24.4. The zero-order valence-corrected chi connectivity index (χ0v) is 12.4. The van der Waals surface area contributed by atoms with Gasteiger partial charge in [-0.3, -0.25) is 0 Å². The number of nitrogens with one attached hydrogen (secondary N) is 1. The Kier molecular flexibility index (Phi) is 4.13. The molecule has 4 heteroatoms. The van der Waals surface area contributed by atoms with Crippen LogP contribution in [0.2, 0.25) is 0 Å². The van der Waals surface area contributed by atoms with Crippen LogP contribution in [0.4, 0.5) is 0 Å². The SMILES string of the molecule is CC(NC1CCN(C)C1)c1ccc2c(c1)OCCCO2. The molecule has 2 heterocycles. The summed E-state index contributed by atoms with van der Waals surface area (Å²) in [5, 5.41) is 3.71. The number of likely N-dealkylation sites (N-methyl/N-ethyl adjacent to an activating group) is 1. The van der Waals surface area contributed by atoms with E-state index < -0.39 is 0 Å². The lowest BCUT2D eigenvalue weighted by Gasteiger charge is -2.20. The first-order valence-electron chi connectivity index (χ1n) is 7.56. The Labute approximate surface area is 121 Å². The molecule has 0 bridgehead atoms. The van der Waals surface area contributed by atoms with Crippen LogP contribution in [-0.4, -0.2) is 44.3 Å². The number of likely N-dealkylation sites (tertiary alicyclic amines) is 1. The molecule has 4 nitrogen and oxygen atoms in total. The van der Waals surface area contributed by atoms with Gasteiger partial charge in [-0.1, -0.05) is 6.07 Å². The Bertz CT molecular complexity index is 464. The monoisotopic (exact) mass is 276 g/mol. The van der Waals surface area contributed by atoms with Crippen LogP contribution in [0.3, 0.4) is 0 Å². The van der Waals surface area contributed by atoms with Gasteiger partial charge in [-0.15, -0.1) is 0 Å². The van der Waals surface area contributed by atoms with Crippen LogP contribution in [0.25, 0.3) is 0 Å². The lowest BCUT2D eigenvalue weighted by atomic mass is 10.1. The van der Waals surface area contributed by atoms with E-state index in [1.54, 1.807) is 0 Å². The van der Waals surface area contributed by atoms with Crippen molar-refractivity contribution in [2.24, 2.45) is 0 Å². The number of benzene rings is 1. The van der Waals surface area contributed by atoms with E-state index in [9.17, 15) is 0 Å². The number of hydrogen-bond donors (Lipinski definition) is 1. The van der Waals surface area contributed by atoms with Crippen LogP contribution in [0.5, 0.6) is 11.5 Å². The summed E-state index contributed by atoms with van der Waals surface area (Å²) in [4.78, 5) is 2.37. The molecule has 2 unspecified atom stereocenters. The van der Waals surface area contributed by atoms with Crippen LogP contribution in [0, 0.1) is 0 Å². The van der Waals surface area contributed by atoms with Crippen LogP contribution in [0.1, 0.15) is 31.4 Å². The molecule has 2 aliphatic rings. The second-order valence-electron chi connectivity index (χ2n) is 5.89. The third-order valence-electron chi connectivity index (χ3n) is 4.15. The highest BCUT2D eigenvalue weighted by atomic mass is 16.5. The lowest BCUT2D eigenvalue weighted by molar-refractivity contribution is 0.297. The minimum atomic E-state index is 0.337. The fourth-order valence-corrected chi connectivity index (χ4v) is 2.97. The summed E-state index contributed by atoms with van der Waals surface area (Å²) in [6, 6.07) is 7.23. The van der Waals surface area contributed by atoms with E-state index in [4.69, 9.17) is 9.47 Å². The quantitative estimate of drug-likeness (QED) is 0.917. The minimum absolute atomic E-state index is 0.337. The summed E-state index contributed by atoms with van der Waals surface area (Å²) in [7, 11) is 2.18. The summed E-state index contributed by atoms with van der Waals surface area (Å²) in [6.45, 7) is 6.03. The fraction of sp³-hybridized carbons (Fsp3) is 0.625. The molecule has 20 heavy (non-hydrogen) atoms. The molecule has 110 valence electrons. The van der Waals surface area contributed by atoms with E-state index in [1.165, 1.54) is 18.5 Å². The van der Waals surface area contributed by atoms with Crippen LogP contribution >= 0.6 is 0 Å². The summed E-state index contributed by atoms with van der Waals surface area (Å²) in [5.74, 6) is 1.76. The van der Waals surface area contributed by atoms with Crippen molar-refractivity contribution in [1.29, 1.82) is 0 Å². The number of ether oxygens (including phenoxy) is 2. The molecule has 1 N–H and O–H groups in total. The molecule has 0 saturated carbocycles. The van der Waals surface area contributed by atoms with E-state index in [-0.39, 0.29) is 0 Å². The Hall–Kier alpha value is -1.26. The van der Waals surface area contributed by atoms with Gasteiger partial charge < -0.3 is 19.7 Å². The van der Waals surface area contributed by atoms with E-state index >= 15 is 0 Å². The standard InChI is InChI=1S/C16H24N2O2/c1-12(17-14-6-7-18(2)11-14)13-4-5-15-16(10-13)20-9-3-8-19-15/h4-5,10,12,14,17H,3,6-9,11H2,1-2H3. The average Bonchev–Trinajstić information content (AvgIpc) is 2.72. The van der Waals surface area contributed by atoms with Gasteiger partial charge in [0.15, 0.2) is 11.5 Å². The molecular formula is C16H24N2O2. The van der Waals surface area contributed by atoms with Gasteiger partial charge in [-0.05, 0) is 44.6 Å². The molecule has 0 amide bonds. The van der Waals surface area contributed by atoms with Gasteiger partial charge in [0.1, 0.15) is 0 Å². The maximum Gasteiger partial charge on any atom is 0.161 e. The number of hydrogen-bond acceptors (Lipinski definition) is 4. The van der Waals surface area contributed by atoms with E-state index in [2.05, 4.69) is 36.3 Å². The summed E-state index contributed by atoms with van der Waals surface area (Å²) < 4.78 is 11.4. The van der Waals surface area contributed by atoms with E-state index in [0.29, 0.717) is 12.1 Å². The van der Waals surface area contributed by atoms with Crippen molar-refractivity contribution in [2.45, 2.75) is 31.8 Å². The second kappa shape index (κ2) is 6.02. The van der Waals surface area contributed by atoms with Crippen molar-refractivity contribution in [2.75, 3.05) is 33.4 Å². The number of nitrogens with zero attached hydrogens (tertiary/aromatic N) is 1. The van der Waals surface area contributed by atoms with Crippen molar-refractivity contribution in [1.82, 2.24) is 10.2 Å². The van der Waals surface area contributed by atoms with Crippen molar-refractivity contribution in [3.8, 4) is 11.5 Å². The van der Waals surface area contributed by atoms with Crippen molar-refractivity contribution >= 4 is 0 Å². The Morgan fingerprint density at radius 2 is 2.05 bits per heavy atom. The van der Waals surface area contributed by atoms with Crippen molar-refractivity contribution in [3.63, 3.8) is 0 Å². The van der Waals surface area contributed by atoms with Gasteiger partial charge in [0.05, 0.1) is 13.2 Å². The fourth-order valence-electron chi connectivity index (χ4n) is 2.97. The Balaban J connectivity index is 1.68. The molecule has 2 atom stereocenters. The highest BCUT2D eigenvalue weighted by Crippen LogP contribution is 2.32. The predicted octanol–water partition coefficient (Wildman–Crippen LogP) is 2.20. The minimum Gasteiger partial charge on any atom is -0.490 e. The Morgan fingerprint density at radius 1 is 1.25 bits per heavy atom. The highest BCUT2D eigenvalue weighted by Gasteiger charge is 2.22. The predicted molar refractivity (Wildman–Crippen MR) is 79.5 cm³/mol. The first-order valence-corrected chi connectivity index (χ1v) is 7.56. The molecule has 0 spiro atoms. The van der Waals surface area contributed by atoms with Gasteiger partial charge >= 0.3 is 0 Å². The first kappa shape index (κ1) is 13.7. The third-order valence-corrected chi connectivity index (χ3v) is 4.15. The van der Waals surface area contributed by atoms with E-state index in [0.717, 1.165) is 37.7 Å². The summed E-state index contributed by atoms with van der Waals surface area (Å²) >= 11 is 0. The zero-order valence-electron chi connectivity index (χ0n) is 12.4.